The van der Waals surface area contributed by atoms with Gasteiger partial charge in [0.1, 0.15) is 6.61 Å². The number of benzene rings is 1. The Labute approximate surface area is 201 Å². The summed E-state index contributed by atoms with van der Waals surface area (Å²) in [4.78, 5) is 23.0. The molecule has 3 rings (SSSR count). The molecule has 0 radical (unpaired) electrons. The summed E-state index contributed by atoms with van der Waals surface area (Å²) >= 11 is 0. The number of pyridine rings is 1. The van der Waals surface area contributed by atoms with Crippen LogP contribution in [-0.2, 0) is 22.7 Å². The van der Waals surface area contributed by atoms with Gasteiger partial charge in [0.2, 0.25) is 5.88 Å². The van der Waals surface area contributed by atoms with Gasteiger partial charge in [-0.05, 0) is 31.4 Å². The Morgan fingerprint density at radius 1 is 1.26 bits per heavy atom. The molecule has 2 heterocycles. The van der Waals surface area contributed by atoms with Crippen LogP contribution in [-0.4, -0.2) is 48.6 Å². The molecular formula is C23H31IN4O3. The van der Waals surface area contributed by atoms with Gasteiger partial charge in [-0.3, -0.25) is 9.79 Å². The van der Waals surface area contributed by atoms with Crippen molar-refractivity contribution in [3.63, 3.8) is 0 Å². The Morgan fingerprint density at radius 3 is 2.81 bits per heavy atom. The van der Waals surface area contributed by atoms with Crippen LogP contribution in [0.1, 0.15) is 30.9 Å². The van der Waals surface area contributed by atoms with E-state index in [0.29, 0.717) is 32.2 Å². The highest BCUT2D eigenvalue weighted by atomic mass is 127. The molecule has 1 unspecified atom stereocenters. The molecule has 0 aliphatic carbocycles. The fourth-order valence-corrected chi connectivity index (χ4v) is 3.54. The second kappa shape index (κ2) is 13.1. The van der Waals surface area contributed by atoms with Gasteiger partial charge in [-0.15, -0.1) is 24.0 Å². The number of aliphatic imine (C=N–C) groups is 1. The summed E-state index contributed by atoms with van der Waals surface area (Å²) in [5, 5.41) is 3.39. The van der Waals surface area contributed by atoms with Crippen LogP contribution in [0.5, 0.6) is 5.88 Å². The minimum atomic E-state index is -0.124. The minimum Gasteiger partial charge on any atom is -0.473 e. The highest BCUT2D eigenvalue weighted by molar-refractivity contribution is 14.0. The standard InChI is InChI=1S/C23H30N4O3.HI/c1-3-29-22(28)20-12-8-14-27(16-20)23(24-2)26-15-19-11-7-13-25-21(19)30-17-18-9-5-4-6-10-18;/h4-7,9-11,13,20H,3,8,12,14-17H2,1-2H3,(H,24,26);1H. The van der Waals surface area contributed by atoms with Gasteiger partial charge < -0.3 is 19.7 Å². The normalized spacial score (nSPS) is 16.3. The van der Waals surface area contributed by atoms with E-state index in [1.807, 2.05) is 49.4 Å². The van der Waals surface area contributed by atoms with Crippen LogP contribution in [0.15, 0.2) is 53.7 Å². The maximum atomic E-state index is 12.1. The zero-order chi connectivity index (χ0) is 21.2. The highest BCUT2D eigenvalue weighted by Gasteiger charge is 2.28. The summed E-state index contributed by atoms with van der Waals surface area (Å²) in [6, 6.07) is 13.9. The molecule has 1 saturated heterocycles. The number of nitrogens with one attached hydrogen (secondary N) is 1. The summed E-state index contributed by atoms with van der Waals surface area (Å²) in [7, 11) is 1.76. The molecule has 1 aromatic heterocycles. The number of esters is 1. The van der Waals surface area contributed by atoms with Crippen LogP contribution in [0, 0.1) is 5.92 Å². The Bertz CT molecular complexity index is 848. The van der Waals surface area contributed by atoms with E-state index in [2.05, 4.69) is 20.2 Å². The van der Waals surface area contributed by atoms with Gasteiger partial charge in [-0.25, -0.2) is 4.98 Å². The third kappa shape index (κ3) is 7.37. The van der Waals surface area contributed by atoms with Crippen molar-refractivity contribution in [3.05, 3.63) is 59.8 Å². The lowest BCUT2D eigenvalue weighted by atomic mass is 9.98. The number of hydrogen-bond acceptors (Lipinski definition) is 5. The van der Waals surface area contributed by atoms with Gasteiger partial charge in [0.05, 0.1) is 12.5 Å². The number of guanidine groups is 1. The first-order valence-electron chi connectivity index (χ1n) is 10.4. The average molecular weight is 538 g/mol. The van der Waals surface area contributed by atoms with Crippen LogP contribution >= 0.6 is 24.0 Å². The topological polar surface area (TPSA) is 76.0 Å². The average Bonchev–Trinajstić information content (AvgIpc) is 2.80. The quantitative estimate of drug-likeness (QED) is 0.251. The lowest BCUT2D eigenvalue weighted by molar-refractivity contribution is -0.149. The van der Waals surface area contributed by atoms with E-state index in [1.165, 1.54) is 0 Å². The zero-order valence-electron chi connectivity index (χ0n) is 18.1. The monoisotopic (exact) mass is 538 g/mol. The number of carbonyl (C=O) groups excluding carboxylic acids is 1. The van der Waals surface area contributed by atoms with Crippen molar-refractivity contribution in [3.8, 4) is 5.88 Å². The molecular weight excluding hydrogens is 507 g/mol. The third-order valence-corrected chi connectivity index (χ3v) is 5.06. The number of rotatable bonds is 7. The molecule has 1 aromatic carbocycles. The smallest absolute Gasteiger partial charge is 0.310 e. The predicted molar refractivity (Wildman–Crippen MR) is 132 cm³/mol. The number of nitrogens with zero attached hydrogens (tertiary/aromatic N) is 3. The lowest BCUT2D eigenvalue weighted by Gasteiger charge is -2.34. The molecule has 1 aliphatic rings. The Hall–Kier alpha value is -2.36. The van der Waals surface area contributed by atoms with Crippen LogP contribution in [0.4, 0.5) is 0 Å². The maximum absolute atomic E-state index is 12.1. The molecule has 1 fully saturated rings. The molecule has 0 amide bonds. The first-order valence-corrected chi connectivity index (χ1v) is 10.4. The van der Waals surface area contributed by atoms with Gasteiger partial charge in [-0.1, -0.05) is 36.4 Å². The molecule has 1 atom stereocenters. The molecule has 2 aromatic rings. The summed E-state index contributed by atoms with van der Waals surface area (Å²) in [6.45, 7) is 4.72. The van der Waals surface area contributed by atoms with Crippen LogP contribution in [0.25, 0.3) is 0 Å². The number of piperidine rings is 1. The van der Waals surface area contributed by atoms with Crippen LogP contribution in [0.2, 0.25) is 0 Å². The Kier molecular flexibility index (Phi) is 10.6. The summed E-state index contributed by atoms with van der Waals surface area (Å²) in [6.07, 6.45) is 3.52. The number of hydrogen-bond donors (Lipinski definition) is 1. The molecule has 0 saturated carbocycles. The van der Waals surface area contributed by atoms with Crippen molar-refractivity contribution in [2.24, 2.45) is 10.9 Å². The van der Waals surface area contributed by atoms with E-state index in [9.17, 15) is 4.79 Å². The largest absolute Gasteiger partial charge is 0.473 e. The Balaban J connectivity index is 0.00000341. The molecule has 8 heteroatoms. The van der Waals surface area contributed by atoms with Crippen LogP contribution < -0.4 is 10.1 Å². The minimum absolute atomic E-state index is 0. The molecule has 0 bridgehead atoms. The van der Waals surface area contributed by atoms with E-state index < -0.39 is 0 Å². The van der Waals surface area contributed by atoms with E-state index in [1.54, 1.807) is 13.2 Å². The number of carbonyl (C=O) groups is 1. The van der Waals surface area contributed by atoms with Crippen LogP contribution in [0.3, 0.4) is 0 Å². The van der Waals surface area contributed by atoms with E-state index in [-0.39, 0.29) is 35.9 Å². The SMILES string of the molecule is CCOC(=O)C1CCCN(C(=NC)NCc2cccnc2OCc2ccccc2)C1.I. The first-order chi connectivity index (χ1) is 14.7. The zero-order valence-corrected chi connectivity index (χ0v) is 20.5. The van der Waals surface area contributed by atoms with E-state index in [0.717, 1.165) is 36.5 Å². The number of likely N-dealkylation sites (tertiary alicyclic amines) is 1. The number of ether oxygens (including phenoxy) is 2. The van der Waals surface area contributed by atoms with Crippen molar-refractivity contribution >= 4 is 35.9 Å². The molecule has 1 aliphatic heterocycles. The molecule has 168 valence electrons. The van der Waals surface area contributed by atoms with Gasteiger partial charge in [0.25, 0.3) is 0 Å². The number of aromatic nitrogens is 1. The molecule has 0 spiro atoms. The second-order valence-corrected chi connectivity index (χ2v) is 7.18. The summed E-state index contributed by atoms with van der Waals surface area (Å²) in [5.41, 5.74) is 2.05. The fraction of sp³-hybridized carbons (Fsp3) is 0.435. The van der Waals surface area contributed by atoms with Gasteiger partial charge in [-0.2, -0.15) is 0 Å². The van der Waals surface area contributed by atoms with Gasteiger partial charge >= 0.3 is 5.97 Å². The lowest BCUT2D eigenvalue weighted by Crippen LogP contribution is -2.48. The first kappa shape index (κ1) is 24.9. The van der Waals surface area contributed by atoms with E-state index >= 15 is 0 Å². The van der Waals surface area contributed by atoms with Crippen molar-refractivity contribution in [2.45, 2.75) is 32.9 Å². The van der Waals surface area contributed by atoms with Crippen molar-refractivity contribution in [1.29, 1.82) is 0 Å². The van der Waals surface area contributed by atoms with E-state index in [4.69, 9.17) is 9.47 Å². The third-order valence-electron chi connectivity index (χ3n) is 5.06. The summed E-state index contributed by atoms with van der Waals surface area (Å²) in [5.74, 6) is 1.14. The van der Waals surface area contributed by atoms with Gasteiger partial charge in [0, 0.05) is 38.4 Å². The van der Waals surface area contributed by atoms with Crippen molar-refractivity contribution < 1.29 is 14.3 Å². The predicted octanol–water partition coefficient (Wildman–Crippen LogP) is 3.63. The van der Waals surface area contributed by atoms with Crippen molar-refractivity contribution in [2.75, 3.05) is 26.7 Å². The molecule has 1 N–H and O–H groups in total. The number of halogens is 1. The van der Waals surface area contributed by atoms with Gasteiger partial charge in [0.15, 0.2) is 5.96 Å². The highest BCUT2D eigenvalue weighted by Crippen LogP contribution is 2.19. The molecule has 7 nitrogen and oxygen atoms in total. The Morgan fingerprint density at radius 2 is 2.06 bits per heavy atom. The maximum Gasteiger partial charge on any atom is 0.310 e. The second-order valence-electron chi connectivity index (χ2n) is 7.18. The summed E-state index contributed by atoms with van der Waals surface area (Å²) < 4.78 is 11.1. The van der Waals surface area contributed by atoms with Crippen molar-refractivity contribution in [1.82, 2.24) is 15.2 Å². The fourth-order valence-electron chi connectivity index (χ4n) is 3.54. The molecule has 31 heavy (non-hydrogen) atoms.